The molecule has 0 saturated carbocycles. The molecule has 9 nitrogen and oxygen atoms in total. The lowest BCUT2D eigenvalue weighted by atomic mass is 9.77. The van der Waals surface area contributed by atoms with E-state index < -0.39 is 24.3 Å². The van der Waals surface area contributed by atoms with Crippen molar-refractivity contribution in [2.45, 2.75) is 51.6 Å². The number of carboxylic acids is 2. The van der Waals surface area contributed by atoms with Crippen LogP contribution in [0, 0.1) is 12.3 Å². The van der Waals surface area contributed by atoms with Gasteiger partial charge < -0.3 is 15.1 Å². The predicted molar refractivity (Wildman–Crippen MR) is 125 cm³/mol. The molecule has 0 radical (unpaired) electrons. The highest BCUT2D eigenvalue weighted by atomic mass is 32.1. The first kappa shape index (κ1) is 31.9. The van der Waals surface area contributed by atoms with Crippen LogP contribution in [0.4, 0.5) is 26.3 Å². The lowest BCUT2D eigenvalue weighted by Crippen LogP contribution is -2.44. The van der Waals surface area contributed by atoms with Gasteiger partial charge in [0, 0.05) is 24.7 Å². The van der Waals surface area contributed by atoms with Crippen molar-refractivity contribution in [1.82, 2.24) is 19.8 Å². The van der Waals surface area contributed by atoms with Gasteiger partial charge >= 0.3 is 24.3 Å². The van der Waals surface area contributed by atoms with Crippen LogP contribution in [0.25, 0.3) is 0 Å². The van der Waals surface area contributed by atoms with Gasteiger partial charge in [0.1, 0.15) is 0 Å². The van der Waals surface area contributed by atoms with Crippen LogP contribution >= 0.6 is 11.3 Å². The van der Waals surface area contributed by atoms with E-state index in [2.05, 4.69) is 20.2 Å². The quantitative estimate of drug-likeness (QED) is 0.515. The van der Waals surface area contributed by atoms with E-state index in [1.807, 2.05) is 30.0 Å². The van der Waals surface area contributed by atoms with Crippen LogP contribution in [0.15, 0.2) is 29.8 Å². The van der Waals surface area contributed by atoms with Crippen molar-refractivity contribution in [3.05, 3.63) is 46.2 Å². The number of carbonyl (C=O) groups is 3. The molecule has 2 aromatic heterocycles. The van der Waals surface area contributed by atoms with Gasteiger partial charge in [-0.15, -0.1) is 11.3 Å². The number of thiazole rings is 1. The third kappa shape index (κ3) is 9.76. The molecule has 2 fully saturated rings. The summed E-state index contributed by atoms with van der Waals surface area (Å²) in [5.41, 5.74) is 2.00. The van der Waals surface area contributed by atoms with E-state index in [0.717, 1.165) is 61.8 Å². The molecule has 4 rings (SSSR count). The summed E-state index contributed by atoms with van der Waals surface area (Å²) in [6.45, 7) is 6.43. The molecule has 216 valence electrons. The highest BCUT2D eigenvalue weighted by Crippen LogP contribution is 2.42. The number of amides is 1. The monoisotopic (exact) mass is 584 g/mol. The number of piperidine rings is 1. The molecule has 2 aromatic rings. The topological polar surface area (TPSA) is 124 Å². The van der Waals surface area contributed by atoms with Gasteiger partial charge in [-0.1, -0.05) is 6.07 Å². The first-order valence-electron chi connectivity index (χ1n) is 11.5. The molecule has 39 heavy (non-hydrogen) atoms. The summed E-state index contributed by atoms with van der Waals surface area (Å²) in [5, 5.41) is 17.5. The van der Waals surface area contributed by atoms with Gasteiger partial charge in [-0.2, -0.15) is 26.3 Å². The van der Waals surface area contributed by atoms with E-state index in [-0.39, 0.29) is 5.41 Å². The minimum Gasteiger partial charge on any atom is -0.475 e. The van der Waals surface area contributed by atoms with Crippen LogP contribution < -0.4 is 0 Å². The molecule has 2 N–H and O–H groups in total. The fourth-order valence-corrected chi connectivity index (χ4v) is 4.65. The Bertz CT molecular complexity index is 1090. The summed E-state index contributed by atoms with van der Waals surface area (Å²) < 4.78 is 63.5. The molecule has 1 amide bonds. The molecule has 0 aliphatic carbocycles. The maximum absolute atomic E-state index is 13.0. The summed E-state index contributed by atoms with van der Waals surface area (Å²) in [6.07, 6.45) is -5.45. The lowest BCUT2D eigenvalue weighted by Gasteiger charge is -2.37. The van der Waals surface area contributed by atoms with Crippen LogP contribution in [0.2, 0.25) is 0 Å². The number of halogens is 6. The van der Waals surface area contributed by atoms with Gasteiger partial charge in [-0.25, -0.2) is 14.6 Å². The van der Waals surface area contributed by atoms with Crippen molar-refractivity contribution in [3.63, 3.8) is 0 Å². The number of hydrogen-bond donors (Lipinski definition) is 2. The first-order valence-corrected chi connectivity index (χ1v) is 12.3. The zero-order valence-corrected chi connectivity index (χ0v) is 21.4. The third-order valence-corrected chi connectivity index (χ3v) is 6.85. The van der Waals surface area contributed by atoms with Gasteiger partial charge in [-0.05, 0) is 51.4 Å². The van der Waals surface area contributed by atoms with Gasteiger partial charge in [0.25, 0.3) is 0 Å². The zero-order valence-electron chi connectivity index (χ0n) is 20.6. The summed E-state index contributed by atoms with van der Waals surface area (Å²) in [4.78, 5) is 44.2. The smallest absolute Gasteiger partial charge is 0.475 e. The normalized spacial score (nSPS) is 17.2. The van der Waals surface area contributed by atoms with Crippen LogP contribution in [0.5, 0.6) is 0 Å². The van der Waals surface area contributed by atoms with Crippen LogP contribution in [-0.4, -0.2) is 79.8 Å². The average molecular weight is 585 g/mol. The number of nitrogens with zero attached hydrogens (tertiary/aromatic N) is 4. The zero-order chi connectivity index (χ0) is 29.4. The van der Waals surface area contributed by atoms with Crippen LogP contribution in [0.1, 0.15) is 35.7 Å². The number of pyridine rings is 1. The van der Waals surface area contributed by atoms with Gasteiger partial charge in [0.2, 0.25) is 5.91 Å². The average Bonchev–Trinajstić information content (AvgIpc) is 3.39. The maximum atomic E-state index is 13.0. The Balaban J connectivity index is 0.000000317. The Hall–Kier alpha value is -3.27. The van der Waals surface area contributed by atoms with Crippen LogP contribution in [0.3, 0.4) is 0 Å². The highest BCUT2D eigenvalue weighted by molar-refractivity contribution is 7.09. The van der Waals surface area contributed by atoms with Crippen molar-refractivity contribution >= 4 is 29.2 Å². The van der Waals surface area contributed by atoms with Crippen LogP contribution in [-0.2, 0) is 27.5 Å². The highest BCUT2D eigenvalue weighted by Gasteiger charge is 2.48. The second-order valence-corrected chi connectivity index (χ2v) is 9.88. The Labute approximate surface area is 223 Å². The van der Waals surface area contributed by atoms with E-state index >= 15 is 0 Å². The third-order valence-electron chi connectivity index (χ3n) is 6.03. The minimum absolute atomic E-state index is 0.136. The number of rotatable bonds is 4. The maximum Gasteiger partial charge on any atom is 0.490 e. The number of aromatic nitrogens is 2. The predicted octanol–water partition coefficient (Wildman–Crippen LogP) is 4.13. The van der Waals surface area contributed by atoms with E-state index in [1.54, 1.807) is 17.5 Å². The summed E-state index contributed by atoms with van der Waals surface area (Å²) in [6, 6.07) is 5.89. The summed E-state index contributed by atoms with van der Waals surface area (Å²) >= 11 is 1.71. The molecule has 0 atom stereocenters. The number of carboxylic acid groups (broad SMARTS) is 2. The number of likely N-dealkylation sites (tertiary alicyclic amines) is 2. The molecular weight excluding hydrogens is 558 g/mol. The molecule has 1 spiro atoms. The standard InChI is InChI=1S/C19H24N4OS.2C2HF3O2/c1-15-21-17(14-25-15)12-22-9-5-19(6-10-22)7-11-23(18(19)24)13-16-4-2-3-8-20-16;2*3-2(4,5)1(6)7/h2-4,8,14H,5-7,9-13H2,1H3;2*(H,6,7). The first-order chi connectivity index (χ1) is 18.0. The second kappa shape index (κ2) is 13.2. The molecule has 0 unspecified atom stereocenters. The Morgan fingerprint density at radius 3 is 1.92 bits per heavy atom. The van der Waals surface area contributed by atoms with E-state index in [4.69, 9.17) is 19.8 Å². The molecule has 2 aliphatic heterocycles. The number of alkyl halides is 6. The second-order valence-electron chi connectivity index (χ2n) is 8.82. The van der Waals surface area contributed by atoms with Crippen molar-refractivity contribution in [1.29, 1.82) is 0 Å². The number of aliphatic carboxylic acids is 2. The van der Waals surface area contributed by atoms with E-state index in [0.29, 0.717) is 12.5 Å². The molecular formula is C23H26F6N4O5S. The fraction of sp³-hybridized carbons (Fsp3) is 0.522. The molecule has 2 aliphatic rings. The summed E-state index contributed by atoms with van der Waals surface area (Å²) in [5.74, 6) is -5.18. The van der Waals surface area contributed by atoms with Crippen molar-refractivity contribution in [3.8, 4) is 0 Å². The Morgan fingerprint density at radius 2 is 1.49 bits per heavy atom. The molecule has 16 heteroatoms. The van der Waals surface area contributed by atoms with Crippen molar-refractivity contribution < 1.29 is 50.9 Å². The van der Waals surface area contributed by atoms with Crippen molar-refractivity contribution in [2.24, 2.45) is 5.41 Å². The van der Waals surface area contributed by atoms with Gasteiger partial charge in [0.05, 0.1) is 28.4 Å². The molecule has 0 aromatic carbocycles. The molecule has 4 heterocycles. The minimum atomic E-state index is -5.08. The van der Waals surface area contributed by atoms with E-state index in [1.165, 1.54) is 0 Å². The number of aryl methyl sites for hydroxylation is 1. The van der Waals surface area contributed by atoms with Gasteiger partial charge in [0.15, 0.2) is 0 Å². The Morgan fingerprint density at radius 1 is 0.949 bits per heavy atom. The lowest BCUT2D eigenvalue weighted by molar-refractivity contribution is -0.193. The number of hydrogen-bond acceptors (Lipinski definition) is 7. The fourth-order valence-electron chi connectivity index (χ4n) is 4.04. The van der Waals surface area contributed by atoms with E-state index in [9.17, 15) is 31.1 Å². The molecule has 2 saturated heterocycles. The van der Waals surface area contributed by atoms with Crippen molar-refractivity contribution in [2.75, 3.05) is 19.6 Å². The Kier molecular flexibility index (Phi) is 10.8. The largest absolute Gasteiger partial charge is 0.490 e. The van der Waals surface area contributed by atoms with Gasteiger partial charge in [-0.3, -0.25) is 14.7 Å². The molecule has 0 bridgehead atoms. The SMILES string of the molecule is Cc1nc(CN2CCC3(CC2)CCN(Cc2ccccn2)C3=O)cs1.O=C(O)C(F)(F)F.O=C(O)C(F)(F)F. The summed E-state index contributed by atoms with van der Waals surface area (Å²) in [7, 11) is 0. The number of carbonyl (C=O) groups excluding carboxylic acids is 1.